The van der Waals surface area contributed by atoms with Gasteiger partial charge >= 0.3 is 0 Å². The van der Waals surface area contributed by atoms with Crippen molar-refractivity contribution < 1.29 is 5.11 Å². The molecule has 0 aromatic heterocycles. The van der Waals surface area contributed by atoms with Crippen molar-refractivity contribution in [3.63, 3.8) is 0 Å². The molecule has 0 spiro atoms. The Labute approximate surface area is 73.6 Å². The van der Waals surface area contributed by atoms with Gasteiger partial charge in [-0.3, -0.25) is 0 Å². The molecule has 0 aliphatic heterocycles. The standard InChI is InChI=1S/C9H18OS/c1-8(4-6-10)11-7-5-9-2-3-9/h8-10H,2-7H2,1H3. The molecule has 1 nitrogen and oxygen atoms in total. The quantitative estimate of drug-likeness (QED) is 0.666. The van der Waals surface area contributed by atoms with Crippen LogP contribution in [0, 0.1) is 5.92 Å². The fourth-order valence-electron chi connectivity index (χ4n) is 1.11. The Morgan fingerprint density at radius 2 is 2.27 bits per heavy atom. The molecule has 1 saturated carbocycles. The predicted octanol–water partition coefficient (Wildman–Crippen LogP) is 2.29. The minimum Gasteiger partial charge on any atom is -0.396 e. The maximum atomic E-state index is 8.64. The Morgan fingerprint density at radius 3 is 2.82 bits per heavy atom. The predicted molar refractivity (Wildman–Crippen MR) is 51.0 cm³/mol. The van der Waals surface area contributed by atoms with Crippen LogP contribution >= 0.6 is 11.8 Å². The molecule has 0 radical (unpaired) electrons. The van der Waals surface area contributed by atoms with Crippen molar-refractivity contribution >= 4 is 11.8 Å². The zero-order chi connectivity index (χ0) is 8.10. The van der Waals surface area contributed by atoms with Crippen LogP contribution in [0.4, 0.5) is 0 Å². The smallest absolute Gasteiger partial charge is 0.0441 e. The largest absolute Gasteiger partial charge is 0.396 e. The van der Waals surface area contributed by atoms with Gasteiger partial charge in [0.15, 0.2) is 0 Å². The number of aliphatic hydroxyl groups excluding tert-OH is 1. The van der Waals surface area contributed by atoms with Crippen molar-refractivity contribution in [2.24, 2.45) is 5.92 Å². The first-order valence-electron chi connectivity index (χ1n) is 4.55. The number of rotatable bonds is 6. The molecule has 11 heavy (non-hydrogen) atoms. The van der Waals surface area contributed by atoms with Crippen LogP contribution in [-0.4, -0.2) is 22.7 Å². The van der Waals surface area contributed by atoms with Gasteiger partial charge in [-0.05, 0) is 24.5 Å². The Bertz CT molecular complexity index is 102. The lowest BCUT2D eigenvalue weighted by Gasteiger charge is -2.07. The zero-order valence-electron chi connectivity index (χ0n) is 7.25. The number of hydrogen-bond acceptors (Lipinski definition) is 2. The summed E-state index contributed by atoms with van der Waals surface area (Å²) >= 11 is 2.01. The highest BCUT2D eigenvalue weighted by atomic mass is 32.2. The molecule has 1 rings (SSSR count). The molecule has 1 N–H and O–H groups in total. The third kappa shape index (κ3) is 4.70. The first kappa shape index (κ1) is 9.40. The van der Waals surface area contributed by atoms with Gasteiger partial charge in [0.2, 0.25) is 0 Å². The van der Waals surface area contributed by atoms with E-state index in [-0.39, 0.29) is 0 Å². The molecule has 0 amide bonds. The summed E-state index contributed by atoms with van der Waals surface area (Å²) in [5.41, 5.74) is 0. The third-order valence-electron chi connectivity index (χ3n) is 2.16. The molecular formula is C9H18OS. The lowest BCUT2D eigenvalue weighted by molar-refractivity contribution is 0.289. The van der Waals surface area contributed by atoms with Gasteiger partial charge < -0.3 is 5.11 Å². The summed E-state index contributed by atoms with van der Waals surface area (Å²) in [6, 6.07) is 0. The van der Waals surface area contributed by atoms with E-state index < -0.39 is 0 Å². The fraction of sp³-hybridized carbons (Fsp3) is 1.00. The van der Waals surface area contributed by atoms with Crippen molar-refractivity contribution in [2.75, 3.05) is 12.4 Å². The summed E-state index contributed by atoms with van der Waals surface area (Å²) in [6.07, 6.45) is 5.29. The van der Waals surface area contributed by atoms with Crippen molar-refractivity contribution in [2.45, 2.75) is 37.9 Å². The first-order valence-corrected chi connectivity index (χ1v) is 5.60. The van der Waals surface area contributed by atoms with Crippen LogP contribution in [0.3, 0.4) is 0 Å². The van der Waals surface area contributed by atoms with Crippen molar-refractivity contribution in [1.29, 1.82) is 0 Å². The molecule has 0 saturated heterocycles. The van der Waals surface area contributed by atoms with Gasteiger partial charge in [0.1, 0.15) is 0 Å². The zero-order valence-corrected chi connectivity index (χ0v) is 8.07. The summed E-state index contributed by atoms with van der Waals surface area (Å²) in [5.74, 6) is 2.36. The van der Waals surface area contributed by atoms with Crippen molar-refractivity contribution in [1.82, 2.24) is 0 Å². The molecule has 0 heterocycles. The molecule has 1 aliphatic rings. The van der Waals surface area contributed by atoms with Gasteiger partial charge in [0.25, 0.3) is 0 Å². The molecule has 1 fully saturated rings. The van der Waals surface area contributed by atoms with Gasteiger partial charge in [0, 0.05) is 11.9 Å². The van der Waals surface area contributed by atoms with Gasteiger partial charge in [-0.2, -0.15) is 11.8 Å². The van der Waals surface area contributed by atoms with Crippen molar-refractivity contribution in [3.05, 3.63) is 0 Å². The van der Waals surface area contributed by atoms with Crippen LogP contribution in [0.1, 0.15) is 32.6 Å². The minimum atomic E-state index is 0.345. The number of hydrogen-bond donors (Lipinski definition) is 1. The van der Waals surface area contributed by atoms with E-state index in [4.69, 9.17) is 5.11 Å². The van der Waals surface area contributed by atoms with E-state index in [9.17, 15) is 0 Å². The highest BCUT2D eigenvalue weighted by Crippen LogP contribution is 2.34. The van der Waals surface area contributed by atoms with Crippen LogP contribution in [0.5, 0.6) is 0 Å². The summed E-state index contributed by atoms with van der Waals surface area (Å²) in [7, 11) is 0. The second kappa shape index (κ2) is 5.04. The second-order valence-corrected chi connectivity index (χ2v) is 4.97. The van der Waals surface area contributed by atoms with E-state index in [0.29, 0.717) is 11.9 Å². The maximum Gasteiger partial charge on any atom is 0.0441 e. The SMILES string of the molecule is CC(CCO)SCCC1CC1. The van der Waals surface area contributed by atoms with E-state index in [1.165, 1.54) is 25.0 Å². The topological polar surface area (TPSA) is 20.2 Å². The normalized spacial score (nSPS) is 20.2. The van der Waals surface area contributed by atoms with E-state index in [1.54, 1.807) is 0 Å². The van der Waals surface area contributed by atoms with E-state index in [1.807, 2.05) is 11.8 Å². The number of thioether (sulfide) groups is 1. The fourth-order valence-corrected chi connectivity index (χ4v) is 2.25. The average molecular weight is 174 g/mol. The third-order valence-corrected chi connectivity index (χ3v) is 3.44. The molecule has 66 valence electrons. The summed E-state index contributed by atoms with van der Waals surface area (Å²) in [6.45, 7) is 2.55. The highest BCUT2D eigenvalue weighted by molar-refractivity contribution is 7.99. The molecule has 0 bridgehead atoms. The van der Waals surface area contributed by atoms with Gasteiger partial charge in [0.05, 0.1) is 0 Å². The van der Waals surface area contributed by atoms with Crippen LogP contribution in [-0.2, 0) is 0 Å². The Kier molecular flexibility index (Phi) is 4.31. The first-order chi connectivity index (χ1) is 5.33. The number of aliphatic hydroxyl groups is 1. The molecule has 1 unspecified atom stereocenters. The van der Waals surface area contributed by atoms with Gasteiger partial charge in [-0.1, -0.05) is 19.8 Å². The lowest BCUT2D eigenvalue weighted by Crippen LogP contribution is -2.00. The summed E-state index contributed by atoms with van der Waals surface area (Å²) < 4.78 is 0. The lowest BCUT2D eigenvalue weighted by atomic mass is 10.3. The molecule has 0 aromatic rings. The van der Waals surface area contributed by atoms with Gasteiger partial charge in [-0.15, -0.1) is 0 Å². The van der Waals surface area contributed by atoms with Crippen LogP contribution < -0.4 is 0 Å². The van der Waals surface area contributed by atoms with Crippen LogP contribution in [0.15, 0.2) is 0 Å². The average Bonchev–Trinajstić information content (AvgIpc) is 2.72. The molecule has 1 aliphatic carbocycles. The molecule has 1 atom stereocenters. The molecular weight excluding hydrogens is 156 g/mol. The Morgan fingerprint density at radius 1 is 1.55 bits per heavy atom. The highest BCUT2D eigenvalue weighted by Gasteiger charge is 2.20. The molecule has 2 heteroatoms. The van der Waals surface area contributed by atoms with Crippen LogP contribution in [0.2, 0.25) is 0 Å². The Balaban J connectivity index is 1.84. The maximum absolute atomic E-state index is 8.64. The summed E-state index contributed by atoms with van der Waals surface area (Å²) in [5, 5.41) is 9.30. The monoisotopic (exact) mass is 174 g/mol. The van der Waals surface area contributed by atoms with Crippen molar-refractivity contribution in [3.8, 4) is 0 Å². The van der Waals surface area contributed by atoms with E-state index in [0.717, 1.165) is 12.3 Å². The Hall–Kier alpha value is 0.310. The summed E-state index contributed by atoms with van der Waals surface area (Å²) in [4.78, 5) is 0. The second-order valence-electron chi connectivity index (χ2n) is 3.43. The van der Waals surface area contributed by atoms with Crippen LogP contribution in [0.25, 0.3) is 0 Å². The van der Waals surface area contributed by atoms with Gasteiger partial charge in [-0.25, -0.2) is 0 Å². The van der Waals surface area contributed by atoms with E-state index >= 15 is 0 Å². The molecule has 0 aromatic carbocycles. The van der Waals surface area contributed by atoms with E-state index in [2.05, 4.69) is 6.92 Å². The minimum absolute atomic E-state index is 0.345.